The van der Waals surface area contributed by atoms with Crippen molar-refractivity contribution in [3.63, 3.8) is 0 Å². The smallest absolute Gasteiger partial charge is 0.308 e. The van der Waals surface area contributed by atoms with E-state index in [0.29, 0.717) is 19.1 Å². The Morgan fingerprint density at radius 3 is 2.74 bits per heavy atom. The predicted octanol–water partition coefficient (Wildman–Crippen LogP) is 0.0303. The zero-order chi connectivity index (χ0) is 13.8. The molecule has 2 atom stereocenters. The second-order valence-electron chi connectivity index (χ2n) is 5.37. The third kappa shape index (κ3) is 3.67. The average Bonchev–Trinajstić information content (AvgIpc) is 2.79. The van der Waals surface area contributed by atoms with Crippen LogP contribution in [0.2, 0.25) is 0 Å². The molecule has 2 aliphatic rings. The maximum absolute atomic E-state index is 11.7. The minimum absolute atomic E-state index is 0.0263. The van der Waals surface area contributed by atoms with Crippen LogP contribution in [-0.2, 0) is 14.3 Å². The van der Waals surface area contributed by atoms with E-state index >= 15 is 0 Å². The summed E-state index contributed by atoms with van der Waals surface area (Å²) in [4.78, 5) is 26.6. The highest BCUT2D eigenvalue weighted by Crippen LogP contribution is 2.19. The largest absolute Gasteiger partial charge is 0.481 e. The molecule has 0 spiro atoms. The van der Waals surface area contributed by atoms with E-state index in [-0.39, 0.29) is 12.3 Å². The number of hydrogen-bond donors (Lipinski definition) is 1. The molecule has 108 valence electrons. The summed E-state index contributed by atoms with van der Waals surface area (Å²) in [7, 11) is 0. The highest BCUT2D eigenvalue weighted by Gasteiger charge is 2.34. The van der Waals surface area contributed by atoms with Gasteiger partial charge in [-0.3, -0.25) is 14.5 Å². The molecule has 2 aliphatic heterocycles. The minimum atomic E-state index is -0.864. The molecule has 0 aromatic carbocycles. The summed E-state index contributed by atoms with van der Waals surface area (Å²) in [6.45, 7) is 6.59. The Labute approximate surface area is 113 Å². The number of likely N-dealkylation sites (tertiary alicyclic amines) is 1. The van der Waals surface area contributed by atoms with E-state index in [9.17, 15) is 9.59 Å². The van der Waals surface area contributed by atoms with Crippen LogP contribution in [0.25, 0.3) is 0 Å². The molecule has 0 aromatic rings. The van der Waals surface area contributed by atoms with Gasteiger partial charge in [-0.15, -0.1) is 0 Å². The lowest BCUT2D eigenvalue weighted by molar-refractivity contribution is -0.141. The van der Waals surface area contributed by atoms with Crippen LogP contribution < -0.4 is 0 Å². The molecule has 6 heteroatoms. The van der Waals surface area contributed by atoms with Crippen molar-refractivity contribution in [3.8, 4) is 0 Å². The van der Waals surface area contributed by atoms with E-state index < -0.39 is 11.9 Å². The Bertz CT molecular complexity index is 342. The van der Waals surface area contributed by atoms with Crippen LogP contribution in [0.4, 0.5) is 0 Å². The fourth-order valence-corrected chi connectivity index (χ4v) is 2.70. The molecular formula is C13H22N2O4. The topological polar surface area (TPSA) is 70.1 Å². The van der Waals surface area contributed by atoms with Crippen molar-refractivity contribution >= 4 is 11.9 Å². The third-order valence-electron chi connectivity index (χ3n) is 4.05. The first-order valence-corrected chi connectivity index (χ1v) is 6.90. The molecule has 1 N–H and O–H groups in total. The summed E-state index contributed by atoms with van der Waals surface area (Å²) in [5, 5.41) is 8.93. The molecule has 2 saturated heterocycles. The molecule has 0 saturated carbocycles. The van der Waals surface area contributed by atoms with Crippen LogP contribution in [0.15, 0.2) is 0 Å². The molecule has 2 rings (SSSR count). The summed E-state index contributed by atoms with van der Waals surface area (Å²) < 4.78 is 5.31. The van der Waals surface area contributed by atoms with E-state index in [1.165, 1.54) is 0 Å². The first-order chi connectivity index (χ1) is 9.08. The number of nitrogens with zero attached hydrogens (tertiary/aromatic N) is 2. The van der Waals surface area contributed by atoms with Crippen LogP contribution in [-0.4, -0.2) is 72.2 Å². The lowest BCUT2D eigenvalue weighted by Gasteiger charge is -2.33. The molecule has 1 amide bonds. The number of carboxylic acids is 1. The van der Waals surface area contributed by atoms with Crippen molar-refractivity contribution in [2.45, 2.75) is 25.8 Å². The molecular weight excluding hydrogens is 248 g/mol. The van der Waals surface area contributed by atoms with Crippen molar-refractivity contribution in [1.29, 1.82) is 0 Å². The Morgan fingerprint density at radius 2 is 2.16 bits per heavy atom. The van der Waals surface area contributed by atoms with Gasteiger partial charge in [-0.25, -0.2) is 0 Å². The summed E-state index contributed by atoms with van der Waals surface area (Å²) in [6, 6.07) is 0.403. The fourth-order valence-electron chi connectivity index (χ4n) is 2.70. The van der Waals surface area contributed by atoms with Crippen molar-refractivity contribution < 1.29 is 19.4 Å². The molecule has 0 aromatic heterocycles. The molecule has 2 fully saturated rings. The number of ether oxygens (including phenoxy) is 1. The van der Waals surface area contributed by atoms with Crippen LogP contribution in [0.1, 0.15) is 19.8 Å². The van der Waals surface area contributed by atoms with E-state index in [2.05, 4.69) is 11.8 Å². The predicted molar refractivity (Wildman–Crippen MR) is 68.8 cm³/mol. The lowest BCUT2D eigenvalue weighted by atomic mass is 10.1. The molecule has 0 bridgehead atoms. The summed E-state index contributed by atoms with van der Waals surface area (Å²) in [6.07, 6.45) is 1.04. The number of carboxylic acid groups (broad SMARTS) is 1. The molecule has 19 heavy (non-hydrogen) atoms. The molecule has 2 heterocycles. The van der Waals surface area contributed by atoms with Gasteiger partial charge in [0, 0.05) is 38.6 Å². The number of aliphatic carboxylic acids is 1. The Morgan fingerprint density at radius 1 is 1.47 bits per heavy atom. The maximum Gasteiger partial charge on any atom is 0.308 e. The Kier molecular flexibility index (Phi) is 4.76. The van der Waals surface area contributed by atoms with Gasteiger partial charge in [-0.05, 0) is 13.3 Å². The molecule has 6 nitrogen and oxygen atoms in total. The number of amides is 1. The van der Waals surface area contributed by atoms with E-state index in [1.54, 1.807) is 4.90 Å². The van der Waals surface area contributed by atoms with Gasteiger partial charge >= 0.3 is 5.97 Å². The molecule has 0 radical (unpaired) electrons. The first kappa shape index (κ1) is 14.3. The van der Waals surface area contributed by atoms with Crippen molar-refractivity contribution in [2.24, 2.45) is 5.92 Å². The zero-order valence-electron chi connectivity index (χ0n) is 11.4. The van der Waals surface area contributed by atoms with Gasteiger partial charge in [-0.2, -0.15) is 0 Å². The van der Waals surface area contributed by atoms with Crippen LogP contribution in [0.5, 0.6) is 0 Å². The maximum atomic E-state index is 11.7. The van der Waals surface area contributed by atoms with E-state index in [0.717, 1.165) is 32.7 Å². The summed E-state index contributed by atoms with van der Waals surface area (Å²) >= 11 is 0. The van der Waals surface area contributed by atoms with Gasteiger partial charge in [0.25, 0.3) is 0 Å². The van der Waals surface area contributed by atoms with E-state index in [4.69, 9.17) is 9.84 Å². The monoisotopic (exact) mass is 270 g/mol. The van der Waals surface area contributed by atoms with Crippen LogP contribution in [0, 0.1) is 5.92 Å². The SMILES string of the molecule is CC(CCN1CC(C(=O)O)CC1=O)N1CCOCC1. The number of rotatable bonds is 5. The lowest BCUT2D eigenvalue weighted by Crippen LogP contribution is -2.43. The van der Waals surface area contributed by atoms with Gasteiger partial charge in [0.15, 0.2) is 0 Å². The van der Waals surface area contributed by atoms with Gasteiger partial charge in [0.1, 0.15) is 0 Å². The van der Waals surface area contributed by atoms with E-state index in [1.807, 2.05) is 0 Å². The highest BCUT2D eigenvalue weighted by atomic mass is 16.5. The zero-order valence-corrected chi connectivity index (χ0v) is 11.4. The summed E-state index contributed by atoms with van der Waals surface area (Å²) in [5.74, 6) is -1.41. The number of carbonyl (C=O) groups is 2. The average molecular weight is 270 g/mol. The van der Waals surface area contributed by atoms with Gasteiger partial charge in [-0.1, -0.05) is 0 Å². The fraction of sp³-hybridized carbons (Fsp3) is 0.846. The molecule has 0 aliphatic carbocycles. The second-order valence-corrected chi connectivity index (χ2v) is 5.37. The quantitative estimate of drug-likeness (QED) is 0.763. The van der Waals surface area contributed by atoms with Crippen LogP contribution >= 0.6 is 0 Å². The van der Waals surface area contributed by atoms with Crippen molar-refractivity contribution in [2.75, 3.05) is 39.4 Å². The Hall–Kier alpha value is -1.14. The van der Waals surface area contributed by atoms with Crippen molar-refractivity contribution in [1.82, 2.24) is 9.80 Å². The summed E-state index contributed by atoms with van der Waals surface area (Å²) in [5.41, 5.74) is 0. The van der Waals surface area contributed by atoms with Gasteiger partial charge in [0.05, 0.1) is 19.1 Å². The second kappa shape index (κ2) is 6.34. The third-order valence-corrected chi connectivity index (χ3v) is 4.05. The minimum Gasteiger partial charge on any atom is -0.481 e. The van der Waals surface area contributed by atoms with Crippen LogP contribution in [0.3, 0.4) is 0 Å². The molecule has 2 unspecified atom stereocenters. The van der Waals surface area contributed by atoms with Crippen molar-refractivity contribution in [3.05, 3.63) is 0 Å². The van der Waals surface area contributed by atoms with Gasteiger partial charge in [0.2, 0.25) is 5.91 Å². The first-order valence-electron chi connectivity index (χ1n) is 6.90. The highest BCUT2D eigenvalue weighted by molar-refractivity contribution is 5.86. The normalized spacial score (nSPS) is 26.7. The standard InChI is InChI=1S/C13H22N2O4/c1-10(14-4-6-19-7-5-14)2-3-15-9-11(13(17)18)8-12(15)16/h10-11H,2-9H2,1H3,(H,17,18). The van der Waals surface area contributed by atoms with Gasteiger partial charge < -0.3 is 14.7 Å². The number of hydrogen-bond acceptors (Lipinski definition) is 4. The number of morpholine rings is 1. The Balaban J connectivity index is 1.75. The number of carbonyl (C=O) groups excluding carboxylic acids is 1.